The predicted octanol–water partition coefficient (Wildman–Crippen LogP) is 7.38. The molecule has 4 aromatic carbocycles. The second kappa shape index (κ2) is 11.6. The fraction of sp³-hybridized carbons (Fsp3) is 0.250. The van der Waals surface area contributed by atoms with Gasteiger partial charge in [-0.1, -0.05) is 39.0 Å². The van der Waals surface area contributed by atoms with E-state index in [-0.39, 0.29) is 21.0 Å². The summed E-state index contributed by atoms with van der Waals surface area (Å²) >= 11 is 4.58. The first kappa shape index (κ1) is 33.7. The number of benzene rings is 4. The molecule has 0 saturated heterocycles. The number of hydrogen-bond acceptors (Lipinski definition) is 8. The van der Waals surface area contributed by atoms with Crippen LogP contribution < -0.4 is 4.74 Å². The molecule has 12 heteroatoms. The molecule has 0 amide bonds. The van der Waals surface area contributed by atoms with Gasteiger partial charge in [0, 0.05) is 4.90 Å². The minimum Gasteiger partial charge on any atom is -0.457 e. The lowest BCUT2D eigenvalue weighted by molar-refractivity contribution is 0.479. The Kier molecular flexibility index (Phi) is 8.93. The summed E-state index contributed by atoms with van der Waals surface area (Å²) < 4.78 is 92.0. The number of ether oxygens (including phenoxy) is 1. The molecule has 0 atom stereocenters. The van der Waals surface area contributed by atoms with Crippen LogP contribution >= 0.6 is 12.6 Å². The average Bonchev–Trinajstić information content (AvgIpc) is 2.91. The molecule has 8 nitrogen and oxygen atoms in total. The van der Waals surface area contributed by atoms with E-state index in [9.17, 15) is 29.8 Å². The van der Waals surface area contributed by atoms with Gasteiger partial charge in [0.15, 0.2) is 9.84 Å². The topological polar surface area (TPSA) is 132 Å². The minimum atomic E-state index is -4.93. The maximum atomic E-state index is 13.6. The van der Waals surface area contributed by atoms with E-state index in [4.69, 9.17) is 4.74 Å². The maximum Gasteiger partial charge on any atom is 0.295 e. The minimum absolute atomic E-state index is 0.146. The Balaban J connectivity index is 1.64. The molecule has 0 saturated carbocycles. The zero-order chi connectivity index (χ0) is 32.9. The summed E-state index contributed by atoms with van der Waals surface area (Å²) in [6.45, 7) is 10.9. The average molecular weight is 675 g/mol. The van der Waals surface area contributed by atoms with Gasteiger partial charge in [0.2, 0.25) is 9.84 Å². The third-order valence-electron chi connectivity index (χ3n) is 6.96. The Labute approximate surface area is 265 Å². The Bertz CT molecular complexity index is 2030. The van der Waals surface area contributed by atoms with E-state index < -0.39 is 44.3 Å². The summed E-state index contributed by atoms with van der Waals surface area (Å²) in [5.41, 5.74) is 1.80. The lowest BCUT2D eigenvalue weighted by atomic mass is 9.86. The van der Waals surface area contributed by atoms with Gasteiger partial charge in [-0.15, -0.1) is 12.6 Å². The highest BCUT2D eigenvalue weighted by atomic mass is 32.2. The fourth-order valence-corrected chi connectivity index (χ4v) is 8.76. The van der Waals surface area contributed by atoms with E-state index >= 15 is 0 Å². The molecule has 0 radical (unpaired) electrons. The molecule has 0 fully saturated rings. The highest BCUT2D eigenvalue weighted by molar-refractivity contribution is 7.93. The molecule has 44 heavy (non-hydrogen) atoms. The molecular formula is C32H34O8S4. The van der Waals surface area contributed by atoms with E-state index in [2.05, 4.69) is 12.6 Å². The predicted molar refractivity (Wildman–Crippen MR) is 173 cm³/mol. The van der Waals surface area contributed by atoms with Crippen molar-refractivity contribution in [3.8, 4) is 22.6 Å². The van der Waals surface area contributed by atoms with Crippen LogP contribution in [-0.4, -0.2) is 34.6 Å². The van der Waals surface area contributed by atoms with Crippen LogP contribution in [0.25, 0.3) is 11.1 Å². The second-order valence-electron chi connectivity index (χ2n) is 12.3. The first-order valence-corrected chi connectivity index (χ1v) is 18.3. The quantitative estimate of drug-likeness (QED) is 0.153. The largest absolute Gasteiger partial charge is 0.457 e. The monoisotopic (exact) mass is 674 g/mol. The number of sulfone groups is 2. The van der Waals surface area contributed by atoms with Crippen molar-refractivity contribution in [2.75, 3.05) is 0 Å². The molecule has 1 N–H and O–H groups in total. The van der Waals surface area contributed by atoms with Crippen molar-refractivity contribution in [2.24, 2.45) is 0 Å². The highest BCUT2D eigenvalue weighted by Crippen LogP contribution is 2.36. The molecule has 4 rings (SSSR count). The summed E-state index contributed by atoms with van der Waals surface area (Å²) in [4.78, 5) is -0.714. The van der Waals surface area contributed by atoms with Crippen molar-refractivity contribution in [2.45, 2.75) is 76.2 Å². The van der Waals surface area contributed by atoms with E-state index in [1.807, 2.05) is 26.8 Å². The van der Waals surface area contributed by atoms with Gasteiger partial charge >= 0.3 is 0 Å². The Hall–Kier alpha value is -3.16. The van der Waals surface area contributed by atoms with Crippen LogP contribution in [0, 0.1) is 0 Å². The molecule has 0 bridgehead atoms. The van der Waals surface area contributed by atoms with Crippen molar-refractivity contribution < 1.29 is 34.5 Å². The summed E-state index contributed by atoms with van der Waals surface area (Å²) in [7, 11) is -12.9. The van der Waals surface area contributed by atoms with E-state index in [1.54, 1.807) is 32.9 Å². The van der Waals surface area contributed by atoms with Crippen molar-refractivity contribution >= 4 is 42.4 Å². The van der Waals surface area contributed by atoms with Gasteiger partial charge < -0.3 is 4.74 Å². The number of thiol groups is 1. The van der Waals surface area contributed by atoms with Crippen LogP contribution in [0.3, 0.4) is 0 Å². The van der Waals surface area contributed by atoms with Gasteiger partial charge in [-0.2, -0.15) is 8.42 Å². The smallest absolute Gasteiger partial charge is 0.295 e. The van der Waals surface area contributed by atoms with Crippen LogP contribution in [0.2, 0.25) is 0 Å². The lowest BCUT2D eigenvalue weighted by Gasteiger charge is -2.21. The van der Waals surface area contributed by atoms with Gasteiger partial charge in [0.1, 0.15) is 16.4 Å². The first-order chi connectivity index (χ1) is 20.1. The molecule has 0 spiro atoms. The molecule has 234 valence electrons. The Morgan fingerprint density at radius 1 is 0.614 bits per heavy atom. The molecule has 0 aromatic heterocycles. The zero-order valence-corrected chi connectivity index (χ0v) is 28.4. The third-order valence-corrected chi connectivity index (χ3v) is 12.7. The Morgan fingerprint density at radius 2 is 1.09 bits per heavy atom. The van der Waals surface area contributed by atoms with Crippen LogP contribution in [0.5, 0.6) is 11.5 Å². The van der Waals surface area contributed by atoms with Gasteiger partial charge in [-0.25, -0.2) is 16.8 Å². The van der Waals surface area contributed by atoms with E-state index in [0.717, 1.165) is 17.7 Å². The summed E-state index contributed by atoms with van der Waals surface area (Å²) in [5.74, 6) is 0.597. The first-order valence-electron chi connectivity index (χ1n) is 13.5. The fourth-order valence-electron chi connectivity index (χ4n) is 4.45. The van der Waals surface area contributed by atoms with Crippen molar-refractivity contribution in [3.05, 3.63) is 90.5 Å². The normalized spacial score (nSPS) is 13.1. The standard InChI is InChI=1S/C32H34O8S4/c1-31(2,3)27-17-7-21(19-28(27)41)22-8-18-29(30(20-22)44(37,38)39)42(33,34)25-13-9-23(10-14-25)40-24-11-15-26(16-12-24)43(35,36)32(4,5)6/h7-20,41H,1-6H3,(H,37,38,39). The van der Waals surface area contributed by atoms with E-state index in [1.165, 1.54) is 54.6 Å². The lowest BCUT2D eigenvalue weighted by Crippen LogP contribution is -2.27. The van der Waals surface area contributed by atoms with Crippen molar-refractivity contribution in [1.82, 2.24) is 0 Å². The van der Waals surface area contributed by atoms with Crippen molar-refractivity contribution in [1.29, 1.82) is 0 Å². The van der Waals surface area contributed by atoms with Gasteiger partial charge in [0.05, 0.1) is 19.4 Å². The summed E-state index contributed by atoms with van der Waals surface area (Å²) in [5, 5.41) is 0. The molecular weight excluding hydrogens is 641 g/mol. The zero-order valence-electron chi connectivity index (χ0n) is 25.1. The molecule has 0 aliphatic heterocycles. The Morgan fingerprint density at radius 3 is 1.55 bits per heavy atom. The number of hydrogen-bond donors (Lipinski definition) is 2. The van der Waals surface area contributed by atoms with Crippen molar-refractivity contribution in [3.63, 3.8) is 0 Å². The second-order valence-corrected chi connectivity index (χ2v) is 18.8. The third kappa shape index (κ3) is 6.89. The molecule has 0 aliphatic carbocycles. The highest BCUT2D eigenvalue weighted by Gasteiger charge is 2.31. The molecule has 0 heterocycles. The van der Waals surface area contributed by atoms with E-state index in [0.29, 0.717) is 21.8 Å². The van der Waals surface area contributed by atoms with Crippen LogP contribution in [0.4, 0.5) is 0 Å². The number of rotatable bonds is 7. The molecule has 0 unspecified atom stereocenters. The van der Waals surface area contributed by atoms with Gasteiger partial charge in [-0.05, 0) is 110 Å². The SMILES string of the molecule is CC(C)(C)c1ccc(-c2ccc(S(=O)(=O)c3ccc(Oc4ccc(S(=O)(=O)C(C)(C)C)cc4)cc3)c(S(=O)(=O)O)c2)cc1S. The van der Waals surface area contributed by atoms with Crippen LogP contribution in [0.15, 0.2) is 109 Å². The molecule has 0 aliphatic rings. The van der Waals surface area contributed by atoms with Gasteiger partial charge in [0.25, 0.3) is 10.1 Å². The van der Waals surface area contributed by atoms with Gasteiger partial charge in [-0.3, -0.25) is 4.55 Å². The van der Waals surface area contributed by atoms with Crippen LogP contribution in [-0.2, 0) is 35.2 Å². The molecule has 4 aromatic rings. The summed E-state index contributed by atoms with van der Waals surface area (Å²) in [6.07, 6.45) is 0. The summed E-state index contributed by atoms with van der Waals surface area (Å²) in [6, 6.07) is 20.3. The van der Waals surface area contributed by atoms with Crippen LogP contribution in [0.1, 0.15) is 47.1 Å². The maximum absolute atomic E-state index is 13.6.